The average Bonchev–Trinajstić information content (AvgIpc) is 3.00. The normalized spacial score (nSPS) is 24.7. The van der Waals surface area contributed by atoms with Gasteiger partial charge in [0.05, 0.1) is 7.11 Å². The molecule has 4 rings (SSSR count). The van der Waals surface area contributed by atoms with Crippen LogP contribution in [0.4, 0.5) is 23.7 Å². The lowest BCUT2D eigenvalue weighted by molar-refractivity contribution is -0.185. The Hall–Kier alpha value is -3.11. The van der Waals surface area contributed by atoms with Crippen molar-refractivity contribution < 1.29 is 37.1 Å². The van der Waals surface area contributed by atoms with E-state index >= 15 is 0 Å². The molecule has 1 saturated heterocycles. The van der Waals surface area contributed by atoms with Crippen molar-refractivity contribution >= 4 is 29.5 Å². The SMILES string of the molecule is COC(=O)CCC1CCC(N2C(=O)C(C)N(c3ccc4c(c3)CCN(C(=O)C(F)(F)F)CC4)C2=O)CC1. The minimum Gasteiger partial charge on any atom is -0.469 e. The summed E-state index contributed by atoms with van der Waals surface area (Å²) in [4.78, 5) is 53.3. The summed E-state index contributed by atoms with van der Waals surface area (Å²) in [6.07, 6.45) is -0.320. The van der Waals surface area contributed by atoms with Crippen molar-refractivity contribution in [1.82, 2.24) is 9.80 Å². The molecule has 37 heavy (non-hydrogen) atoms. The van der Waals surface area contributed by atoms with Crippen molar-refractivity contribution in [2.45, 2.75) is 76.6 Å². The second kappa shape index (κ2) is 10.7. The molecule has 1 atom stereocenters. The number of imide groups is 1. The van der Waals surface area contributed by atoms with E-state index in [4.69, 9.17) is 4.74 Å². The average molecular weight is 524 g/mol. The van der Waals surface area contributed by atoms with E-state index in [1.807, 2.05) is 0 Å². The standard InChI is InChI=1S/C26H32F3N3O5/c1-16-23(34)32(20-7-3-17(4-8-20)5-10-22(33)37-2)25(36)31(16)21-9-6-18-11-13-30(14-12-19(18)15-21)24(35)26(27,28)29/h6,9,15-17,20H,3-5,7-8,10-14H2,1-2H3. The number of benzene rings is 1. The zero-order valence-electron chi connectivity index (χ0n) is 21.1. The fourth-order valence-electron chi connectivity index (χ4n) is 5.72. The van der Waals surface area contributed by atoms with Gasteiger partial charge in [-0.25, -0.2) is 4.79 Å². The number of halogens is 3. The highest BCUT2D eigenvalue weighted by Crippen LogP contribution is 2.36. The number of ether oxygens (including phenoxy) is 1. The third kappa shape index (κ3) is 5.60. The van der Waals surface area contributed by atoms with Gasteiger partial charge in [0.15, 0.2) is 0 Å². The zero-order valence-corrected chi connectivity index (χ0v) is 21.1. The smallest absolute Gasteiger partial charge is 0.469 e. The predicted molar refractivity (Wildman–Crippen MR) is 128 cm³/mol. The second-order valence-corrected chi connectivity index (χ2v) is 10.1. The van der Waals surface area contributed by atoms with E-state index in [9.17, 15) is 32.3 Å². The molecule has 2 aliphatic heterocycles. The lowest BCUT2D eigenvalue weighted by Gasteiger charge is -2.33. The number of amides is 4. The van der Waals surface area contributed by atoms with Gasteiger partial charge in [0, 0.05) is 31.2 Å². The predicted octanol–water partition coefficient (Wildman–Crippen LogP) is 3.85. The molecule has 0 bridgehead atoms. The maximum atomic E-state index is 13.4. The molecule has 2 fully saturated rings. The molecule has 2 heterocycles. The number of hydrogen-bond acceptors (Lipinski definition) is 5. The Balaban J connectivity index is 1.43. The third-order valence-corrected chi connectivity index (χ3v) is 7.86. The quantitative estimate of drug-likeness (QED) is 0.432. The molecule has 1 aliphatic carbocycles. The Morgan fingerprint density at radius 3 is 2.27 bits per heavy atom. The van der Waals surface area contributed by atoms with Crippen molar-refractivity contribution in [1.29, 1.82) is 0 Å². The molecule has 8 nitrogen and oxygen atoms in total. The van der Waals surface area contributed by atoms with Crippen molar-refractivity contribution in [2.75, 3.05) is 25.1 Å². The first-order chi connectivity index (χ1) is 17.5. The van der Waals surface area contributed by atoms with Gasteiger partial charge >= 0.3 is 24.1 Å². The van der Waals surface area contributed by atoms with Gasteiger partial charge in [-0.05, 0) is 81.0 Å². The topological polar surface area (TPSA) is 87.2 Å². The first-order valence-corrected chi connectivity index (χ1v) is 12.7. The van der Waals surface area contributed by atoms with Crippen LogP contribution in [0, 0.1) is 5.92 Å². The van der Waals surface area contributed by atoms with Gasteiger partial charge in [-0.2, -0.15) is 13.2 Å². The van der Waals surface area contributed by atoms with Gasteiger partial charge in [0.1, 0.15) is 6.04 Å². The van der Waals surface area contributed by atoms with Crippen LogP contribution < -0.4 is 4.90 Å². The number of urea groups is 1. The van der Waals surface area contributed by atoms with E-state index in [-0.39, 0.29) is 43.8 Å². The first-order valence-electron chi connectivity index (χ1n) is 12.7. The highest BCUT2D eigenvalue weighted by Gasteiger charge is 2.47. The summed E-state index contributed by atoms with van der Waals surface area (Å²) in [5.74, 6) is -1.99. The van der Waals surface area contributed by atoms with Crippen LogP contribution in [-0.2, 0) is 32.0 Å². The molecule has 1 aromatic carbocycles. The van der Waals surface area contributed by atoms with Crippen molar-refractivity contribution in [3.05, 3.63) is 29.3 Å². The molecule has 3 aliphatic rings. The minimum atomic E-state index is -4.91. The lowest BCUT2D eigenvalue weighted by Crippen LogP contribution is -2.43. The molecule has 1 unspecified atom stereocenters. The number of esters is 1. The number of carbonyl (C=O) groups is 4. The molecule has 0 aromatic heterocycles. The van der Waals surface area contributed by atoms with E-state index in [2.05, 4.69) is 0 Å². The van der Waals surface area contributed by atoms with E-state index in [1.165, 1.54) is 16.9 Å². The minimum absolute atomic E-state index is 0.0295. The van der Waals surface area contributed by atoms with Crippen LogP contribution in [0.1, 0.15) is 56.6 Å². The number of nitrogens with zero attached hydrogens (tertiary/aromatic N) is 3. The summed E-state index contributed by atoms with van der Waals surface area (Å²) in [6.45, 7) is 1.58. The summed E-state index contributed by atoms with van der Waals surface area (Å²) in [7, 11) is 1.37. The van der Waals surface area contributed by atoms with E-state index in [0.29, 0.717) is 30.9 Å². The molecule has 11 heteroatoms. The number of alkyl halides is 3. The zero-order chi connectivity index (χ0) is 26.9. The van der Waals surface area contributed by atoms with Crippen LogP contribution >= 0.6 is 0 Å². The van der Waals surface area contributed by atoms with Crippen LogP contribution in [0.15, 0.2) is 18.2 Å². The molecular weight excluding hydrogens is 491 g/mol. The Morgan fingerprint density at radius 1 is 1.00 bits per heavy atom. The van der Waals surface area contributed by atoms with Gasteiger partial charge in [0.2, 0.25) is 0 Å². The highest BCUT2D eigenvalue weighted by atomic mass is 19.4. The Morgan fingerprint density at radius 2 is 1.65 bits per heavy atom. The van der Waals surface area contributed by atoms with Crippen molar-refractivity contribution in [3.8, 4) is 0 Å². The Labute approximate surface area is 213 Å². The van der Waals surface area contributed by atoms with Gasteiger partial charge in [-0.15, -0.1) is 0 Å². The number of carbonyl (C=O) groups excluding carboxylic acids is 4. The number of hydrogen-bond donors (Lipinski definition) is 0. The lowest BCUT2D eigenvalue weighted by atomic mass is 9.83. The van der Waals surface area contributed by atoms with Gasteiger partial charge in [0.25, 0.3) is 5.91 Å². The van der Waals surface area contributed by atoms with Gasteiger partial charge in [-0.1, -0.05) is 6.07 Å². The molecule has 0 radical (unpaired) electrons. The highest BCUT2D eigenvalue weighted by molar-refractivity contribution is 6.14. The molecule has 0 spiro atoms. The summed E-state index contributed by atoms with van der Waals surface area (Å²) < 4.78 is 43.4. The number of methoxy groups -OCH3 is 1. The molecule has 1 aromatic rings. The maximum absolute atomic E-state index is 13.4. The Kier molecular flexibility index (Phi) is 7.80. The summed E-state index contributed by atoms with van der Waals surface area (Å²) in [6, 6.07) is 3.95. The van der Waals surface area contributed by atoms with E-state index < -0.39 is 24.2 Å². The Bertz CT molecular complexity index is 1070. The molecule has 1 saturated carbocycles. The second-order valence-electron chi connectivity index (χ2n) is 10.1. The first kappa shape index (κ1) is 26.9. The fourth-order valence-corrected chi connectivity index (χ4v) is 5.72. The van der Waals surface area contributed by atoms with Crippen LogP contribution in [0.25, 0.3) is 0 Å². The molecule has 4 amide bonds. The maximum Gasteiger partial charge on any atom is 0.471 e. The van der Waals surface area contributed by atoms with E-state index in [0.717, 1.165) is 35.3 Å². The van der Waals surface area contributed by atoms with Crippen LogP contribution in [0.5, 0.6) is 0 Å². The largest absolute Gasteiger partial charge is 0.471 e. The molecular formula is C26H32F3N3O5. The number of anilines is 1. The van der Waals surface area contributed by atoms with Crippen molar-refractivity contribution in [2.24, 2.45) is 5.92 Å². The number of rotatable bonds is 5. The third-order valence-electron chi connectivity index (χ3n) is 7.86. The van der Waals surface area contributed by atoms with Gasteiger partial charge < -0.3 is 9.64 Å². The molecule has 202 valence electrons. The summed E-state index contributed by atoms with van der Waals surface area (Å²) in [5.41, 5.74) is 2.12. The van der Waals surface area contributed by atoms with Crippen LogP contribution in [-0.4, -0.2) is 72.1 Å². The fraction of sp³-hybridized carbons (Fsp3) is 0.615. The van der Waals surface area contributed by atoms with Crippen molar-refractivity contribution in [3.63, 3.8) is 0 Å². The van der Waals surface area contributed by atoms with Crippen LogP contribution in [0.3, 0.4) is 0 Å². The summed E-state index contributed by atoms with van der Waals surface area (Å²) >= 11 is 0. The number of fused-ring (bicyclic) bond motifs is 1. The van der Waals surface area contributed by atoms with Gasteiger partial charge in [-0.3, -0.25) is 24.2 Å². The molecule has 0 N–H and O–H groups in total. The summed E-state index contributed by atoms with van der Waals surface area (Å²) in [5, 5.41) is 0. The van der Waals surface area contributed by atoms with E-state index in [1.54, 1.807) is 25.1 Å². The monoisotopic (exact) mass is 523 g/mol. The van der Waals surface area contributed by atoms with Crippen LogP contribution in [0.2, 0.25) is 0 Å².